The zero-order valence-electron chi connectivity index (χ0n) is 10.8. The quantitative estimate of drug-likeness (QED) is 0.909. The molecule has 0 spiro atoms. The van der Waals surface area contributed by atoms with Crippen LogP contribution in [0.4, 0.5) is 0 Å². The van der Waals surface area contributed by atoms with Crippen LogP contribution in [0.3, 0.4) is 0 Å². The lowest BCUT2D eigenvalue weighted by molar-refractivity contribution is -0.136. The number of rotatable bonds is 4. The molecule has 0 bridgehead atoms. The fourth-order valence-electron chi connectivity index (χ4n) is 1.82. The van der Waals surface area contributed by atoms with Crippen LogP contribution < -0.4 is 4.74 Å². The number of methoxy groups -OCH3 is 1. The highest BCUT2D eigenvalue weighted by Gasteiger charge is 2.07. The van der Waals surface area contributed by atoms with E-state index in [1.807, 2.05) is 25.1 Å². The Labute approximate surface area is 110 Å². The number of hydrogen-bond donors (Lipinski definition) is 1. The van der Waals surface area contributed by atoms with Crippen LogP contribution in [0, 0.1) is 6.92 Å². The number of ether oxygens (including phenoxy) is 1. The van der Waals surface area contributed by atoms with E-state index in [2.05, 4.69) is 9.97 Å². The summed E-state index contributed by atoms with van der Waals surface area (Å²) in [7, 11) is 1.62. The van der Waals surface area contributed by atoms with Crippen LogP contribution in [0.15, 0.2) is 30.5 Å². The molecule has 0 unspecified atom stereocenters. The molecular formula is C14H14N2O3. The lowest BCUT2D eigenvalue weighted by Crippen LogP contribution is -2.05. The first-order valence-corrected chi connectivity index (χ1v) is 5.79. The Balaban J connectivity index is 2.36. The first-order valence-electron chi connectivity index (χ1n) is 5.79. The van der Waals surface area contributed by atoms with Crippen molar-refractivity contribution in [1.82, 2.24) is 9.97 Å². The molecule has 1 N–H and O–H groups in total. The number of carboxylic acid groups (broad SMARTS) is 1. The van der Waals surface area contributed by atoms with E-state index in [1.165, 1.54) is 0 Å². The third kappa shape index (κ3) is 3.07. The molecule has 0 fully saturated rings. The Morgan fingerprint density at radius 2 is 2.16 bits per heavy atom. The van der Waals surface area contributed by atoms with Crippen LogP contribution in [-0.2, 0) is 11.2 Å². The van der Waals surface area contributed by atoms with Gasteiger partial charge in [-0.05, 0) is 36.8 Å². The first-order chi connectivity index (χ1) is 9.10. The SMILES string of the molecule is COc1ccc(-c2ccnc(CC(=O)O)n2)cc1C. The predicted molar refractivity (Wildman–Crippen MR) is 70.1 cm³/mol. The highest BCUT2D eigenvalue weighted by atomic mass is 16.5. The van der Waals surface area contributed by atoms with E-state index >= 15 is 0 Å². The molecule has 5 heteroatoms. The highest BCUT2D eigenvalue weighted by Crippen LogP contribution is 2.24. The Hall–Kier alpha value is -2.43. The van der Waals surface area contributed by atoms with Gasteiger partial charge in [0.25, 0.3) is 0 Å². The van der Waals surface area contributed by atoms with Crippen molar-refractivity contribution in [3.63, 3.8) is 0 Å². The number of nitrogens with zero attached hydrogens (tertiary/aromatic N) is 2. The van der Waals surface area contributed by atoms with Gasteiger partial charge in [-0.2, -0.15) is 0 Å². The largest absolute Gasteiger partial charge is 0.496 e. The molecular weight excluding hydrogens is 244 g/mol. The van der Waals surface area contributed by atoms with E-state index in [0.29, 0.717) is 11.5 Å². The maximum Gasteiger partial charge on any atom is 0.311 e. The third-order valence-electron chi connectivity index (χ3n) is 2.71. The van der Waals surface area contributed by atoms with Crippen molar-refractivity contribution in [2.45, 2.75) is 13.3 Å². The average Bonchev–Trinajstić information content (AvgIpc) is 2.38. The minimum atomic E-state index is -0.942. The summed E-state index contributed by atoms with van der Waals surface area (Å²) in [4.78, 5) is 18.8. The number of carbonyl (C=O) groups is 1. The van der Waals surface area contributed by atoms with Gasteiger partial charge in [0.05, 0.1) is 12.8 Å². The number of aromatic nitrogens is 2. The minimum absolute atomic E-state index is 0.178. The lowest BCUT2D eigenvalue weighted by atomic mass is 10.1. The molecule has 0 atom stereocenters. The summed E-state index contributed by atoms with van der Waals surface area (Å²) in [6.07, 6.45) is 1.39. The van der Waals surface area contributed by atoms with Gasteiger partial charge >= 0.3 is 5.97 Å². The van der Waals surface area contributed by atoms with Gasteiger partial charge in [-0.25, -0.2) is 9.97 Å². The number of aryl methyl sites for hydroxylation is 1. The van der Waals surface area contributed by atoms with Crippen molar-refractivity contribution in [3.8, 4) is 17.0 Å². The first kappa shape index (κ1) is 13.0. The highest BCUT2D eigenvalue weighted by molar-refractivity contribution is 5.69. The summed E-state index contributed by atoms with van der Waals surface area (Å²) in [6, 6.07) is 7.46. The lowest BCUT2D eigenvalue weighted by Gasteiger charge is -2.07. The molecule has 1 aromatic carbocycles. The van der Waals surface area contributed by atoms with Gasteiger partial charge in [0.1, 0.15) is 18.0 Å². The Kier molecular flexibility index (Phi) is 3.75. The summed E-state index contributed by atoms with van der Waals surface area (Å²) in [5, 5.41) is 8.74. The van der Waals surface area contributed by atoms with Crippen molar-refractivity contribution < 1.29 is 14.6 Å². The third-order valence-corrected chi connectivity index (χ3v) is 2.71. The molecule has 2 aromatic rings. The predicted octanol–water partition coefficient (Wildman–Crippen LogP) is 2.09. The molecule has 2 rings (SSSR count). The monoisotopic (exact) mass is 258 g/mol. The maximum atomic E-state index is 10.7. The van der Waals surface area contributed by atoms with Crippen LogP contribution in [0.2, 0.25) is 0 Å². The van der Waals surface area contributed by atoms with E-state index in [1.54, 1.807) is 19.4 Å². The summed E-state index contributed by atoms with van der Waals surface area (Å²) in [5.41, 5.74) is 2.61. The number of hydrogen-bond acceptors (Lipinski definition) is 4. The van der Waals surface area contributed by atoms with Crippen LogP contribution in [0.5, 0.6) is 5.75 Å². The van der Waals surface area contributed by atoms with Gasteiger partial charge < -0.3 is 9.84 Å². The smallest absolute Gasteiger partial charge is 0.311 e. The summed E-state index contributed by atoms with van der Waals surface area (Å²) < 4.78 is 5.20. The molecule has 0 aliphatic rings. The van der Waals surface area contributed by atoms with Crippen molar-refractivity contribution in [2.75, 3.05) is 7.11 Å². The topological polar surface area (TPSA) is 72.3 Å². The zero-order valence-corrected chi connectivity index (χ0v) is 10.8. The molecule has 0 saturated heterocycles. The van der Waals surface area contributed by atoms with E-state index in [4.69, 9.17) is 9.84 Å². The second kappa shape index (κ2) is 5.48. The fourth-order valence-corrected chi connectivity index (χ4v) is 1.82. The van der Waals surface area contributed by atoms with Crippen molar-refractivity contribution in [1.29, 1.82) is 0 Å². The van der Waals surface area contributed by atoms with Crippen molar-refractivity contribution >= 4 is 5.97 Å². The summed E-state index contributed by atoms with van der Waals surface area (Å²) >= 11 is 0. The van der Waals surface area contributed by atoms with Crippen LogP contribution in [0.25, 0.3) is 11.3 Å². The fraction of sp³-hybridized carbons (Fsp3) is 0.214. The van der Waals surface area contributed by atoms with Gasteiger partial charge in [0.2, 0.25) is 0 Å². The van der Waals surface area contributed by atoms with E-state index < -0.39 is 5.97 Å². The van der Waals surface area contributed by atoms with Crippen molar-refractivity contribution in [3.05, 3.63) is 41.9 Å². The molecule has 98 valence electrons. The minimum Gasteiger partial charge on any atom is -0.496 e. The van der Waals surface area contributed by atoms with E-state index in [9.17, 15) is 4.79 Å². The zero-order chi connectivity index (χ0) is 13.8. The molecule has 19 heavy (non-hydrogen) atoms. The average molecular weight is 258 g/mol. The van der Waals surface area contributed by atoms with Crippen LogP contribution in [-0.4, -0.2) is 28.2 Å². The Morgan fingerprint density at radius 3 is 2.79 bits per heavy atom. The molecule has 0 aliphatic heterocycles. The van der Waals surface area contributed by atoms with Gasteiger partial charge in [0, 0.05) is 11.8 Å². The van der Waals surface area contributed by atoms with E-state index in [-0.39, 0.29) is 6.42 Å². The normalized spacial score (nSPS) is 10.2. The van der Waals surface area contributed by atoms with Crippen LogP contribution in [0.1, 0.15) is 11.4 Å². The molecule has 1 heterocycles. The van der Waals surface area contributed by atoms with Gasteiger partial charge in [-0.1, -0.05) is 0 Å². The van der Waals surface area contributed by atoms with Gasteiger partial charge in [0.15, 0.2) is 0 Å². The Morgan fingerprint density at radius 1 is 1.37 bits per heavy atom. The molecule has 1 aromatic heterocycles. The molecule has 5 nitrogen and oxygen atoms in total. The molecule has 0 aliphatic carbocycles. The standard InChI is InChI=1S/C14H14N2O3/c1-9-7-10(3-4-12(9)19-2)11-5-6-15-13(16-11)8-14(17)18/h3-7H,8H2,1-2H3,(H,17,18). The maximum absolute atomic E-state index is 10.7. The van der Waals surface area contributed by atoms with Gasteiger partial charge in [-0.3, -0.25) is 4.79 Å². The van der Waals surface area contributed by atoms with Crippen LogP contribution >= 0.6 is 0 Å². The number of benzene rings is 1. The summed E-state index contributed by atoms with van der Waals surface area (Å²) in [5.74, 6) is 0.171. The molecule has 0 amide bonds. The summed E-state index contributed by atoms with van der Waals surface area (Å²) in [6.45, 7) is 1.95. The molecule has 0 radical (unpaired) electrons. The van der Waals surface area contributed by atoms with Gasteiger partial charge in [-0.15, -0.1) is 0 Å². The number of aliphatic carboxylic acids is 1. The second-order valence-electron chi connectivity index (χ2n) is 4.11. The van der Waals surface area contributed by atoms with E-state index in [0.717, 1.165) is 16.9 Å². The molecule has 0 saturated carbocycles. The second-order valence-corrected chi connectivity index (χ2v) is 4.11. The Bertz CT molecular complexity index is 611. The van der Waals surface area contributed by atoms with Crippen molar-refractivity contribution in [2.24, 2.45) is 0 Å². The number of carboxylic acids is 1.